The number of carbonyl (C=O) groups is 1. The van der Waals surface area contributed by atoms with Crippen LogP contribution in [0.5, 0.6) is 0 Å². The highest BCUT2D eigenvalue weighted by atomic mass is 32.2. The van der Waals surface area contributed by atoms with E-state index in [1.165, 1.54) is 23.9 Å². The van der Waals surface area contributed by atoms with Crippen molar-refractivity contribution < 1.29 is 23.1 Å². The van der Waals surface area contributed by atoms with Crippen molar-refractivity contribution in [1.82, 2.24) is 0 Å². The van der Waals surface area contributed by atoms with Crippen LogP contribution in [0.25, 0.3) is 33.0 Å². The average Bonchev–Trinajstić information content (AvgIpc) is 2.83. The third-order valence-corrected chi connectivity index (χ3v) is 5.91. The minimum atomic E-state index is -4.40. The lowest BCUT2D eigenvalue weighted by atomic mass is 9.93. The van der Waals surface area contributed by atoms with E-state index in [9.17, 15) is 23.1 Å². The molecule has 0 fully saturated rings. The molecule has 0 atom stereocenters. The number of thioether (sulfide) groups is 1. The van der Waals surface area contributed by atoms with E-state index >= 15 is 0 Å². The summed E-state index contributed by atoms with van der Waals surface area (Å²) in [4.78, 5) is 12.6. The fourth-order valence-corrected chi connectivity index (χ4v) is 4.24. The lowest BCUT2D eigenvalue weighted by Gasteiger charge is -2.15. The van der Waals surface area contributed by atoms with E-state index in [0.717, 1.165) is 39.1 Å². The number of alkyl halides is 3. The molecule has 0 aliphatic heterocycles. The van der Waals surface area contributed by atoms with Gasteiger partial charge in [0.05, 0.1) is 11.1 Å². The minimum Gasteiger partial charge on any atom is -0.478 e. The maximum Gasteiger partial charge on any atom is 0.416 e. The summed E-state index contributed by atoms with van der Waals surface area (Å²) in [6.45, 7) is 4.00. The monoisotopic (exact) mass is 468 g/mol. The topological polar surface area (TPSA) is 37.3 Å². The molecular weight excluding hydrogens is 445 g/mol. The molecule has 170 valence electrons. The Morgan fingerprint density at radius 2 is 1.42 bits per heavy atom. The summed E-state index contributed by atoms with van der Waals surface area (Å²) in [5.41, 5.74) is 2.54. The molecular formula is C27H23F3O2S. The van der Waals surface area contributed by atoms with Gasteiger partial charge in [0.1, 0.15) is 0 Å². The Bertz CT molecular complexity index is 1260. The number of hydrogen-bond donors (Lipinski definition) is 1. The highest BCUT2D eigenvalue weighted by Gasteiger charge is 2.30. The smallest absolute Gasteiger partial charge is 0.416 e. The van der Waals surface area contributed by atoms with Gasteiger partial charge in [-0.1, -0.05) is 56.3 Å². The van der Waals surface area contributed by atoms with E-state index in [-0.39, 0.29) is 5.56 Å². The van der Waals surface area contributed by atoms with Crippen molar-refractivity contribution in [2.75, 3.05) is 6.26 Å². The molecule has 4 rings (SSSR count). The van der Waals surface area contributed by atoms with Gasteiger partial charge >= 0.3 is 12.1 Å². The second-order valence-corrected chi connectivity index (χ2v) is 7.89. The first-order valence-electron chi connectivity index (χ1n) is 10.4. The summed E-state index contributed by atoms with van der Waals surface area (Å²) >= 11 is 1.49. The van der Waals surface area contributed by atoms with E-state index in [1.807, 2.05) is 62.6 Å². The van der Waals surface area contributed by atoms with E-state index in [1.54, 1.807) is 12.1 Å². The van der Waals surface area contributed by atoms with Crippen molar-refractivity contribution in [2.45, 2.75) is 24.9 Å². The van der Waals surface area contributed by atoms with E-state index < -0.39 is 17.7 Å². The maximum atomic E-state index is 12.9. The second-order valence-electron chi connectivity index (χ2n) is 7.04. The van der Waals surface area contributed by atoms with Gasteiger partial charge in [-0.05, 0) is 75.7 Å². The van der Waals surface area contributed by atoms with Gasteiger partial charge in [0.2, 0.25) is 0 Å². The fraction of sp³-hybridized carbons (Fsp3) is 0.148. The molecule has 0 aliphatic rings. The molecule has 1 N–H and O–H groups in total. The largest absolute Gasteiger partial charge is 0.478 e. The van der Waals surface area contributed by atoms with Gasteiger partial charge in [0.15, 0.2) is 0 Å². The zero-order valence-electron chi connectivity index (χ0n) is 18.4. The molecule has 0 radical (unpaired) electrons. The average molecular weight is 469 g/mol. The van der Waals surface area contributed by atoms with Crippen molar-refractivity contribution in [3.63, 3.8) is 0 Å². The summed E-state index contributed by atoms with van der Waals surface area (Å²) in [6, 6.07) is 21.6. The Morgan fingerprint density at radius 1 is 0.818 bits per heavy atom. The van der Waals surface area contributed by atoms with Crippen molar-refractivity contribution in [1.29, 1.82) is 0 Å². The first-order chi connectivity index (χ1) is 15.8. The molecule has 33 heavy (non-hydrogen) atoms. The number of benzene rings is 4. The molecule has 0 heterocycles. The zero-order chi connectivity index (χ0) is 24.2. The van der Waals surface area contributed by atoms with Crippen LogP contribution in [0.1, 0.15) is 29.8 Å². The number of fused-ring (bicyclic) bond motifs is 1. The van der Waals surface area contributed by atoms with Crippen LogP contribution in [-0.4, -0.2) is 17.3 Å². The molecule has 0 aromatic heterocycles. The molecule has 0 aliphatic carbocycles. The number of hydrogen-bond acceptors (Lipinski definition) is 2. The van der Waals surface area contributed by atoms with Crippen LogP contribution >= 0.6 is 11.8 Å². The molecule has 4 aromatic rings. The highest BCUT2D eigenvalue weighted by molar-refractivity contribution is 7.98. The zero-order valence-corrected chi connectivity index (χ0v) is 19.2. The first kappa shape index (κ1) is 24.4. The van der Waals surface area contributed by atoms with Gasteiger partial charge in [-0.25, -0.2) is 4.79 Å². The van der Waals surface area contributed by atoms with Gasteiger partial charge in [0, 0.05) is 4.90 Å². The van der Waals surface area contributed by atoms with Gasteiger partial charge in [-0.3, -0.25) is 0 Å². The van der Waals surface area contributed by atoms with Gasteiger partial charge in [-0.2, -0.15) is 13.2 Å². The SMILES string of the molecule is CC.CSc1cc2c(-c3ccccc3)cc(C(=O)O)cc2cc1-c1ccc(C(F)(F)F)cc1. The number of carboxylic acids is 1. The number of halogens is 3. The Labute approximate surface area is 195 Å². The van der Waals surface area contributed by atoms with Crippen LogP contribution in [-0.2, 0) is 6.18 Å². The van der Waals surface area contributed by atoms with E-state index in [0.29, 0.717) is 10.9 Å². The number of rotatable bonds is 4. The summed E-state index contributed by atoms with van der Waals surface area (Å²) < 4.78 is 38.8. The highest BCUT2D eigenvalue weighted by Crippen LogP contribution is 2.39. The summed E-state index contributed by atoms with van der Waals surface area (Å²) in [6.07, 6.45) is -2.49. The summed E-state index contributed by atoms with van der Waals surface area (Å²) in [5.74, 6) is -1.04. The van der Waals surface area contributed by atoms with Crippen molar-refractivity contribution in [3.8, 4) is 22.3 Å². The van der Waals surface area contributed by atoms with Crippen molar-refractivity contribution >= 4 is 28.5 Å². The van der Waals surface area contributed by atoms with Crippen LogP contribution in [0.2, 0.25) is 0 Å². The molecule has 0 amide bonds. The molecule has 0 saturated carbocycles. The molecule has 0 unspecified atom stereocenters. The van der Waals surface area contributed by atoms with Crippen LogP contribution in [0.4, 0.5) is 13.2 Å². The maximum absolute atomic E-state index is 12.9. The van der Waals surface area contributed by atoms with Crippen LogP contribution in [0.3, 0.4) is 0 Å². The second kappa shape index (κ2) is 10.1. The quantitative estimate of drug-likeness (QED) is 0.305. The standard InChI is InChI=1S/C25H17F3O2S.C2H6/c1-31-23-14-21-17(12-22(23)16-7-9-19(10-8-16)25(26,27)28)11-18(24(29)30)13-20(21)15-5-3-2-4-6-15;1-2/h2-14H,1H3,(H,29,30);1-2H3. The minimum absolute atomic E-state index is 0.154. The predicted molar refractivity (Wildman–Crippen MR) is 130 cm³/mol. The summed E-state index contributed by atoms with van der Waals surface area (Å²) in [5, 5.41) is 11.2. The Hall–Kier alpha value is -3.25. The van der Waals surface area contributed by atoms with Crippen LogP contribution < -0.4 is 0 Å². The molecule has 0 spiro atoms. The first-order valence-corrected chi connectivity index (χ1v) is 11.6. The van der Waals surface area contributed by atoms with Crippen LogP contribution in [0, 0.1) is 0 Å². The molecule has 0 saturated heterocycles. The van der Waals surface area contributed by atoms with Gasteiger partial charge in [-0.15, -0.1) is 11.8 Å². The Kier molecular flexibility index (Phi) is 7.49. The van der Waals surface area contributed by atoms with E-state index in [2.05, 4.69) is 0 Å². The lowest BCUT2D eigenvalue weighted by molar-refractivity contribution is -0.137. The lowest BCUT2D eigenvalue weighted by Crippen LogP contribution is -2.04. The Balaban J connectivity index is 0.00000149. The van der Waals surface area contributed by atoms with Gasteiger partial charge in [0.25, 0.3) is 0 Å². The third kappa shape index (κ3) is 5.22. The number of aromatic carboxylic acids is 1. The third-order valence-electron chi connectivity index (χ3n) is 5.13. The van der Waals surface area contributed by atoms with Crippen molar-refractivity contribution in [3.05, 3.63) is 90.0 Å². The molecule has 2 nitrogen and oxygen atoms in total. The molecule has 4 aromatic carbocycles. The number of carboxylic acid groups (broad SMARTS) is 1. The Morgan fingerprint density at radius 3 is 1.97 bits per heavy atom. The summed E-state index contributed by atoms with van der Waals surface area (Å²) in [7, 11) is 0. The van der Waals surface area contributed by atoms with Gasteiger partial charge < -0.3 is 5.11 Å². The molecule has 6 heteroatoms. The normalized spacial score (nSPS) is 11.1. The van der Waals surface area contributed by atoms with Crippen LogP contribution in [0.15, 0.2) is 83.8 Å². The molecule has 0 bridgehead atoms. The van der Waals surface area contributed by atoms with E-state index in [4.69, 9.17) is 0 Å². The van der Waals surface area contributed by atoms with Crippen molar-refractivity contribution in [2.24, 2.45) is 0 Å². The fourth-order valence-electron chi connectivity index (χ4n) is 3.60. The predicted octanol–water partition coefficient (Wildman–Crippen LogP) is 8.64.